The Balaban J connectivity index is 1.69. The monoisotopic (exact) mass is 330 g/mol. The molecule has 0 spiro atoms. The molecule has 1 amide bonds. The summed E-state index contributed by atoms with van der Waals surface area (Å²) in [7, 11) is 3.71. The van der Waals surface area contributed by atoms with Crippen molar-refractivity contribution in [1.29, 1.82) is 0 Å². The van der Waals surface area contributed by atoms with Crippen LogP contribution in [-0.4, -0.2) is 49.5 Å². The number of aryl methyl sites for hydroxylation is 2. The van der Waals surface area contributed by atoms with Crippen molar-refractivity contribution in [3.05, 3.63) is 53.5 Å². The number of carbonyl (C=O) groups is 1. The topological polar surface area (TPSA) is 45.9 Å². The number of hydrogen-bond donors (Lipinski definition) is 0. The number of nitrogens with zero attached hydrogens (tertiary/aromatic N) is 2. The fourth-order valence-corrected chi connectivity index (χ4v) is 2.28. The van der Waals surface area contributed by atoms with Crippen LogP contribution >= 0.6 is 0 Å². The Morgan fingerprint density at radius 1 is 1.08 bits per heavy atom. The summed E-state index contributed by atoms with van der Waals surface area (Å²) in [6.07, 6.45) is 0. The summed E-state index contributed by atoms with van der Waals surface area (Å²) >= 11 is 0. The predicted molar refractivity (Wildman–Crippen MR) is 94.1 cm³/mol. The van der Waals surface area contributed by atoms with Gasteiger partial charge in [-0.25, -0.2) is 0 Å². The van der Waals surface area contributed by atoms with E-state index < -0.39 is 0 Å². The maximum absolute atomic E-state index is 12.2. The molecule has 0 saturated heterocycles. The van der Waals surface area contributed by atoms with E-state index in [1.54, 1.807) is 11.9 Å². The highest BCUT2D eigenvalue weighted by Gasteiger charge is 2.13. The van der Waals surface area contributed by atoms with Gasteiger partial charge in [0.1, 0.15) is 23.9 Å². The number of likely N-dealkylation sites (N-methyl/N-ethyl adjacent to an activating group) is 2. The van der Waals surface area contributed by atoms with Crippen LogP contribution in [0.3, 0.4) is 0 Å². The van der Waals surface area contributed by atoms with Gasteiger partial charge < -0.3 is 14.1 Å². The van der Waals surface area contributed by atoms with E-state index in [4.69, 9.17) is 9.15 Å². The van der Waals surface area contributed by atoms with Crippen LogP contribution in [0.2, 0.25) is 0 Å². The number of furan rings is 1. The number of rotatable bonds is 8. The van der Waals surface area contributed by atoms with Gasteiger partial charge >= 0.3 is 0 Å². The molecule has 2 aromatic rings. The summed E-state index contributed by atoms with van der Waals surface area (Å²) in [4.78, 5) is 15.9. The lowest BCUT2D eigenvalue weighted by Gasteiger charge is -2.21. The largest absolute Gasteiger partial charge is 0.492 e. The van der Waals surface area contributed by atoms with Gasteiger partial charge in [0.15, 0.2) is 0 Å². The molecule has 5 heteroatoms. The Kier molecular flexibility index (Phi) is 6.44. The highest BCUT2D eigenvalue weighted by molar-refractivity contribution is 5.77. The summed E-state index contributed by atoms with van der Waals surface area (Å²) in [6.45, 7) is 6.02. The fraction of sp³-hybridized carbons (Fsp3) is 0.421. The van der Waals surface area contributed by atoms with Gasteiger partial charge in [-0.05, 0) is 45.2 Å². The van der Waals surface area contributed by atoms with Crippen molar-refractivity contribution >= 4 is 5.91 Å². The third kappa shape index (κ3) is 5.74. The summed E-state index contributed by atoms with van der Waals surface area (Å²) in [5, 5.41) is 0. The highest BCUT2D eigenvalue weighted by Crippen LogP contribution is 2.11. The fourth-order valence-electron chi connectivity index (χ4n) is 2.28. The first kappa shape index (κ1) is 18.1. The zero-order chi connectivity index (χ0) is 17.5. The maximum Gasteiger partial charge on any atom is 0.236 e. The first-order chi connectivity index (χ1) is 11.4. The molecule has 130 valence electrons. The number of amides is 1. The lowest BCUT2D eigenvalue weighted by atomic mass is 10.2. The smallest absolute Gasteiger partial charge is 0.236 e. The molecule has 1 aromatic heterocycles. The lowest BCUT2D eigenvalue weighted by molar-refractivity contribution is -0.131. The molecule has 0 atom stereocenters. The summed E-state index contributed by atoms with van der Waals surface area (Å²) in [6, 6.07) is 11.8. The van der Waals surface area contributed by atoms with E-state index in [1.807, 2.05) is 62.2 Å². The second kappa shape index (κ2) is 8.55. The molecule has 0 N–H and O–H groups in total. The standard InChI is InChI=1S/C19H26N2O3/c1-15-5-8-17(9-6-15)23-12-11-20(3)14-19(22)21(4)13-18-10-7-16(2)24-18/h5-10H,11-14H2,1-4H3. The molecule has 0 bridgehead atoms. The van der Waals surface area contributed by atoms with Gasteiger partial charge in [-0.1, -0.05) is 17.7 Å². The zero-order valence-corrected chi connectivity index (χ0v) is 14.9. The summed E-state index contributed by atoms with van der Waals surface area (Å²) in [5.41, 5.74) is 1.21. The molecule has 0 saturated carbocycles. The molecule has 0 unspecified atom stereocenters. The molecule has 0 radical (unpaired) electrons. The highest BCUT2D eigenvalue weighted by atomic mass is 16.5. The first-order valence-corrected chi connectivity index (χ1v) is 8.11. The molecule has 1 heterocycles. The van der Waals surface area contributed by atoms with Crippen molar-refractivity contribution in [1.82, 2.24) is 9.80 Å². The van der Waals surface area contributed by atoms with E-state index in [2.05, 4.69) is 0 Å². The van der Waals surface area contributed by atoms with Gasteiger partial charge in [-0.3, -0.25) is 9.69 Å². The molecule has 0 aliphatic rings. The molecule has 5 nitrogen and oxygen atoms in total. The Hall–Kier alpha value is -2.27. The van der Waals surface area contributed by atoms with E-state index in [-0.39, 0.29) is 5.91 Å². The van der Waals surface area contributed by atoms with Crippen LogP contribution in [0, 0.1) is 13.8 Å². The molecule has 24 heavy (non-hydrogen) atoms. The minimum atomic E-state index is 0.0573. The Bertz CT molecular complexity index is 649. The van der Waals surface area contributed by atoms with Gasteiger partial charge in [0.2, 0.25) is 5.91 Å². The predicted octanol–water partition coefficient (Wildman–Crippen LogP) is 2.87. The van der Waals surface area contributed by atoms with E-state index in [9.17, 15) is 4.79 Å². The molecule has 0 aliphatic heterocycles. The van der Waals surface area contributed by atoms with Crippen LogP contribution in [0.5, 0.6) is 5.75 Å². The van der Waals surface area contributed by atoms with Crippen LogP contribution in [0.4, 0.5) is 0 Å². The van der Waals surface area contributed by atoms with E-state index in [0.29, 0.717) is 26.2 Å². The van der Waals surface area contributed by atoms with Gasteiger partial charge in [0, 0.05) is 13.6 Å². The van der Waals surface area contributed by atoms with Crippen molar-refractivity contribution < 1.29 is 13.9 Å². The second-order valence-electron chi connectivity index (χ2n) is 6.16. The van der Waals surface area contributed by atoms with Crippen molar-refractivity contribution in [2.75, 3.05) is 33.8 Å². The number of hydrogen-bond acceptors (Lipinski definition) is 4. The quantitative estimate of drug-likeness (QED) is 0.747. The molecule has 0 fully saturated rings. The number of benzene rings is 1. The zero-order valence-electron chi connectivity index (χ0n) is 14.9. The first-order valence-electron chi connectivity index (χ1n) is 8.11. The number of ether oxygens (including phenoxy) is 1. The van der Waals surface area contributed by atoms with Crippen LogP contribution < -0.4 is 4.74 Å². The second-order valence-corrected chi connectivity index (χ2v) is 6.16. The minimum Gasteiger partial charge on any atom is -0.492 e. The molecular formula is C19H26N2O3. The number of carbonyl (C=O) groups excluding carboxylic acids is 1. The average Bonchev–Trinajstić information content (AvgIpc) is 2.94. The van der Waals surface area contributed by atoms with Crippen LogP contribution in [0.25, 0.3) is 0 Å². The molecule has 1 aromatic carbocycles. The molecular weight excluding hydrogens is 304 g/mol. The van der Waals surface area contributed by atoms with E-state index in [0.717, 1.165) is 17.3 Å². The van der Waals surface area contributed by atoms with Crippen LogP contribution in [0.1, 0.15) is 17.1 Å². The summed E-state index contributed by atoms with van der Waals surface area (Å²) in [5.74, 6) is 2.57. The third-order valence-corrected chi connectivity index (χ3v) is 3.78. The van der Waals surface area contributed by atoms with Gasteiger partial charge in [-0.15, -0.1) is 0 Å². The van der Waals surface area contributed by atoms with E-state index >= 15 is 0 Å². The van der Waals surface area contributed by atoms with Crippen molar-refractivity contribution in [3.8, 4) is 5.75 Å². The summed E-state index contributed by atoms with van der Waals surface area (Å²) < 4.78 is 11.2. The van der Waals surface area contributed by atoms with Crippen molar-refractivity contribution in [2.24, 2.45) is 0 Å². The van der Waals surface area contributed by atoms with Crippen molar-refractivity contribution in [3.63, 3.8) is 0 Å². The Morgan fingerprint density at radius 2 is 1.79 bits per heavy atom. The van der Waals surface area contributed by atoms with Crippen LogP contribution in [-0.2, 0) is 11.3 Å². The normalized spacial score (nSPS) is 10.9. The molecule has 0 aliphatic carbocycles. The third-order valence-electron chi connectivity index (χ3n) is 3.78. The molecule has 2 rings (SSSR count). The SMILES string of the molecule is Cc1ccc(OCCN(C)CC(=O)N(C)Cc2ccc(C)o2)cc1. The van der Waals surface area contributed by atoms with Gasteiger partial charge in [0.05, 0.1) is 13.1 Å². The Labute approximate surface area is 143 Å². The van der Waals surface area contributed by atoms with Gasteiger partial charge in [-0.2, -0.15) is 0 Å². The maximum atomic E-state index is 12.2. The lowest BCUT2D eigenvalue weighted by Crippen LogP contribution is -2.37. The van der Waals surface area contributed by atoms with Crippen molar-refractivity contribution in [2.45, 2.75) is 20.4 Å². The van der Waals surface area contributed by atoms with Gasteiger partial charge in [0.25, 0.3) is 0 Å². The van der Waals surface area contributed by atoms with Crippen LogP contribution in [0.15, 0.2) is 40.8 Å². The average molecular weight is 330 g/mol. The van der Waals surface area contributed by atoms with E-state index in [1.165, 1.54) is 5.56 Å². The Morgan fingerprint density at radius 3 is 2.42 bits per heavy atom. The minimum absolute atomic E-state index is 0.0573.